The topological polar surface area (TPSA) is 96.2 Å². The number of carbonyl (C=O) groups is 1. The Kier molecular flexibility index (Phi) is 4.67. The number of aromatic carboxylic acids is 1. The molecule has 0 unspecified atom stereocenters. The van der Waals surface area contributed by atoms with Gasteiger partial charge in [-0.05, 0) is 23.8 Å². The van der Waals surface area contributed by atoms with E-state index in [0.717, 1.165) is 16.9 Å². The van der Waals surface area contributed by atoms with Crippen LogP contribution < -0.4 is 5.11 Å². The van der Waals surface area contributed by atoms with Crippen molar-refractivity contribution >= 4 is 35.1 Å². The number of hydrogen-bond acceptors (Lipinski definition) is 6. The molecule has 1 heterocycles. The molecule has 0 aliphatic rings. The highest BCUT2D eigenvalue weighted by Crippen LogP contribution is 2.29. The molecule has 0 fully saturated rings. The minimum Gasteiger partial charge on any atom is -0.544 e. The quantitative estimate of drug-likeness (QED) is 0.519. The lowest BCUT2D eigenvalue weighted by molar-refractivity contribution is -0.384. The van der Waals surface area contributed by atoms with E-state index in [-0.39, 0.29) is 10.6 Å². The van der Waals surface area contributed by atoms with E-state index in [4.69, 9.17) is 0 Å². The molecule has 0 N–H and O–H groups in total. The van der Waals surface area contributed by atoms with Gasteiger partial charge in [-0.3, -0.25) is 10.1 Å². The molecule has 0 atom stereocenters. The molecule has 6 nitrogen and oxygen atoms in total. The van der Waals surface area contributed by atoms with Crippen LogP contribution in [0.25, 0.3) is 23.4 Å². The number of aromatic nitrogens is 1. The van der Waals surface area contributed by atoms with Gasteiger partial charge in [0.1, 0.15) is 5.01 Å². The molecule has 0 spiro atoms. The van der Waals surface area contributed by atoms with Gasteiger partial charge < -0.3 is 9.90 Å². The molecule has 25 heavy (non-hydrogen) atoms. The van der Waals surface area contributed by atoms with Crippen LogP contribution in [0.1, 0.15) is 20.2 Å². The van der Waals surface area contributed by atoms with Crippen molar-refractivity contribution in [1.29, 1.82) is 0 Å². The molecule has 124 valence electrons. The summed E-state index contributed by atoms with van der Waals surface area (Å²) in [5.74, 6) is -1.27. The van der Waals surface area contributed by atoms with E-state index < -0.39 is 10.9 Å². The zero-order chi connectivity index (χ0) is 17.8. The standard InChI is InChI=1S/C18H12N2O4S/c21-18(22)17-16(13-4-2-1-3-5-13)19-15(25-17)11-8-12-6-9-14(10-7-12)20(23)24/h1-11H,(H,21,22)/p-1/b11-8+. The maximum absolute atomic E-state index is 11.4. The first-order valence-corrected chi connectivity index (χ1v) is 8.06. The Hall–Kier alpha value is -3.32. The Morgan fingerprint density at radius 3 is 2.32 bits per heavy atom. The highest BCUT2D eigenvalue weighted by atomic mass is 32.1. The summed E-state index contributed by atoms with van der Waals surface area (Å²) >= 11 is 1.02. The van der Waals surface area contributed by atoms with Crippen LogP contribution in [0, 0.1) is 10.1 Å². The minimum atomic E-state index is -1.27. The van der Waals surface area contributed by atoms with Gasteiger partial charge in [0.2, 0.25) is 0 Å². The predicted molar refractivity (Wildman–Crippen MR) is 93.9 cm³/mol. The largest absolute Gasteiger partial charge is 0.544 e. The first kappa shape index (κ1) is 16.5. The lowest BCUT2D eigenvalue weighted by atomic mass is 10.1. The molecule has 2 aromatic carbocycles. The van der Waals surface area contributed by atoms with Gasteiger partial charge in [0, 0.05) is 17.7 Å². The Balaban J connectivity index is 1.90. The number of thiazole rings is 1. The summed E-state index contributed by atoms with van der Waals surface area (Å²) < 4.78 is 0. The number of carboxylic acids is 1. The van der Waals surface area contributed by atoms with Crippen LogP contribution in [0.4, 0.5) is 5.69 Å². The van der Waals surface area contributed by atoms with Crippen molar-refractivity contribution in [2.24, 2.45) is 0 Å². The highest BCUT2D eigenvalue weighted by Gasteiger charge is 2.12. The zero-order valence-corrected chi connectivity index (χ0v) is 13.6. The van der Waals surface area contributed by atoms with E-state index >= 15 is 0 Å². The summed E-state index contributed by atoms with van der Waals surface area (Å²) in [7, 11) is 0. The van der Waals surface area contributed by atoms with Crippen molar-refractivity contribution in [3.8, 4) is 11.3 Å². The second kappa shape index (κ2) is 7.06. The fraction of sp³-hybridized carbons (Fsp3) is 0. The molecule has 0 saturated heterocycles. The molecule has 7 heteroatoms. The number of hydrogen-bond donors (Lipinski definition) is 0. The predicted octanol–water partition coefficient (Wildman–Crippen LogP) is 3.25. The molecular weight excluding hydrogens is 340 g/mol. The number of nitro groups is 1. The molecule has 0 bridgehead atoms. The van der Waals surface area contributed by atoms with Gasteiger partial charge in [-0.15, -0.1) is 11.3 Å². The average Bonchev–Trinajstić information content (AvgIpc) is 3.06. The molecule has 0 radical (unpaired) electrons. The summed E-state index contributed by atoms with van der Waals surface area (Å²) in [5, 5.41) is 22.5. The van der Waals surface area contributed by atoms with Crippen LogP contribution in [0.3, 0.4) is 0 Å². The van der Waals surface area contributed by atoms with Gasteiger partial charge in [-0.25, -0.2) is 4.98 Å². The molecule has 1 aromatic heterocycles. The smallest absolute Gasteiger partial charge is 0.269 e. The summed E-state index contributed by atoms with van der Waals surface area (Å²) in [5.41, 5.74) is 1.83. The maximum Gasteiger partial charge on any atom is 0.269 e. The van der Waals surface area contributed by atoms with Crippen LogP contribution in [-0.2, 0) is 0 Å². The van der Waals surface area contributed by atoms with Gasteiger partial charge in [0.15, 0.2) is 0 Å². The molecule has 0 saturated carbocycles. The highest BCUT2D eigenvalue weighted by molar-refractivity contribution is 7.14. The summed E-state index contributed by atoms with van der Waals surface area (Å²) in [6.07, 6.45) is 3.39. The molecule has 0 aliphatic carbocycles. The average molecular weight is 351 g/mol. The van der Waals surface area contributed by atoms with Crippen molar-refractivity contribution in [1.82, 2.24) is 4.98 Å². The van der Waals surface area contributed by atoms with Crippen LogP contribution in [0.2, 0.25) is 0 Å². The third kappa shape index (κ3) is 3.78. The zero-order valence-electron chi connectivity index (χ0n) is 12.8. The lowest BCUT2D eigenvalue weighted by Gasteiger charge is -2.01. The summed E-state index contributed by atoms with van der Waals surface area (Å²) in [6, 6.07) is 15.0. The van der Waals surface area contributed by atoms with E-state index in [0.29, 0.717) is 16.3 Å². The van der Waals surface area contributed by atoms with Crippen molar-refractivity contribution in [2.45, 2.75) is 0 Å². The van der Waals surface area contributed by atoms with Crippen molar-refractivity contribution in [3.63, 3.8) is 0 Å². The number of carbonyl (C=O) groups excluding carboxylic acids is 1. The molecule has 3 rings (SSSR count). The van der Waals surface area contributed by atoms with Gasteiger partial charge >= 0.3 is 0 Å². The Bertz CT molecular complexity index is 947. The van der Waals surface area contributed by atoms with Gasteiger partial charge in [0.25, 0.3) is 5.69 Å². The monoisotopic (exact) mass is 351 g/mol. The SMILES string of the molecule is O=C([O-])c1sc(/C=C/c2ccc([N+](=O)[O-])cc2)nc1-c1ccccc1. The Morgan fingerprint density at radius 1 is 1.04 bits per heavy atom. The number of nitro benzene ring substituents is 1. The third-order valence-electron chi connectivity index (χ3n) is 3.40. The van der Waals surface area contributed by atoms with Crippen LogP contribution in [0.5, 0.6) is 0 Å². The van der Waals surface area contributed by atoms with Crippen LogP contribution in [0.15, 0.2) is 54.6 Å². The number of benzene rings is 2. The van der Waals surface area contributed by atoms with E-state index in [1.807, 2.05) is 6.07 Å². The normalized spacial score (nSPS) is 10.9. The number of carboxylic acid groups (broad SMARTS) is 1. The number of non-ortho nitro benzene ring substituents is 1. The van der Waals surface area contributed by atoms with Gasteiger partial charge in [-0.1, -0.05) is 36.4 Å². The Morgan fingerprint density at radius 2 is 1.72 bits per heavy atom. The lowest BCUT2D eigenvalue weighted by Crippen LogP contribution is -2.21. The Labute approximate surface area is 146 Å². The van der Waals surface area contributed by atoms with Crippen LogP contribution in [-0.4, -0.2) is 15.9 Å². The summed E-state index contributed by atoms with van der Waals surface area (Å²) in [6.45, 7) is 0. The number of nitrogens with zero attached hydrogens (tertiary/aromatic N) is 2. The maximum atomic E-state index is 11.4. The van der Waals surface area contributed by atoms with Crippen molar-refractivity contribution in [3.05, 3.63) is 80.2 Å². The molecule has 3 aromatic rings. The fourth-order valence-corrected chi connectivity index (χ4v) is 3.04. The molecule has 0 aliphatic heterocycles. The first-order valence-electron chi connectivity index (χ1n) is 7.25. The minimum absolute atomic E-state index is 0.0111. The summed E-state index contributed by atoms with van der Waals surface area (Å²) in [4.78, 5) is 26.0. The van der Waals surface area contributed by atoms with E-state index in [1.54, 1.807) is 48.6 Å². The van der Waals surface area contributed by atoms with Gasteiger partial charge in [0.05, 0.1) is 21.5 Å². The second-order valence-electron chi connectivity index (χ2n) is 5.07. The third-order valence-corrected chi connectivity index (χ3v) is 4.40. The van der Waals surface area contributed by atoms with Gasteiger partial charge in [-0.2, -0.15) is 0 Å². The van der Waals surface area contributed by atoms with Crippen molar-refractivity contribution in [2.75, 3.05) is 0 Å². The molecule has 0 amide bonds. The van der Waals surface area contributed by atoms with E-state index in [9.17, 15) is 20.0 Å². The van der Waals surface area contributed by atoms with Crippen molar-refractivity contribution < 1.29 is 14.8 Å². The van der Waals surface area contributed by atoms with E-state index in [2.05, 4.69) is 4.98 Å². The second-order valence-corrected chi connectivity index (χ2v) is 6.10. The van der Waals surface area contributed by atoms with Crippen LogP contribution >= 0.6 is 11.3 Å². The van der Waals surface area contributed by atoms with E-state index in [1.165, 1.54) is 12.1 Å². The molecular formula is C18H11N2O4S-. The fourth-order valence-electron chi connectivity index (χ4n) is 2.21. The number of rotatable bonds is 5. The first-order chi connectivity index (χ1) is 12.0.